The zero-order chi connectivity index (χ0) is 20.7. The summed E-state index contributed by atoms with van der Waals surface area (Å²) in [7, 11) is 1.63. The van der Waals surface area contributed by atoms with Gasteiger partial charge in [0.1, 0.15) is 5.52 Å². The van der Waals surface area contributed by atoms with Gasteiger partial charge < -0.3 is 5.11 Å². The number of piperidine rings is 1. The highest BCUT2D eigenvalue weighted by Gasteiger charge is 2.30. The third-order valence-electron chi connectivity index (χ3n) is 5.65. The molecule has 162 valence electrons. The molecule has 9 nitrogen and oxygen atoms in total. The lowest BCUT2D eigenvalue weighted by molar-refractivity contribution is -0.138. The van der Waals surface area contributed by atoms with E-state index < -0.39 is 12.0 Å². The van der Waals surface area contributed by atoms with Crippen molar-refractivity contribution in [3.63, 3.8) is 0 Å². The number of fused-ring (bicyclic) bond motifs is 1. The number of carbonyl (C=O) groups is 3. The molecule has 2 aliphatic heterocycles. The van der Waals surface area contributed by atoms with Crippen molar-refractivity contribution >= 4 is 47.0 Å². The number of likely N-dealkylation sites (tertiary alicyclic amines) is 1. The van der Waals surface area contributed by atoms with Gasteiger partial charge in [-0.1, -0.05) is 6.07 Å². The third-order valence-corrected chi connectivity index (χ3v) is 5.65. The lowest BCUT2D eigenvalue weighted by Crippen LogP contribution is -2.49. The van der Waals surface area contributed by atoms with Crippen molar-refractivity contribution < 1.29 is 23.9 Å². The second-order valence-electron chi connectivity index (χ2n) is 7.51. The first-order valence-corrected chi connectivity index (χ1v) is 9.55. The van der Waals surface area contributed by atoms with Crippen molar-refractivity contribution in [1.82, 2.24) is 20.0 Å². The Kier molecular flexibility index (Phi) is 6.27. The summed E-state index contributed by atoms with van der Waals surface area (Å²) < 4.78 is 16.8. The smallest absolute Gasteiger partial charge is 0.329 e. The lowest BCUT2D eigenvalue weighted by Gasteiger charge is -2.31. The van der Waals surface area contributed by atoms with Crippen LogP contribution in [0.3, 0.4) is 0 Å². The number of hydrogen-bond donors (Lipinski definition) is 2. The molecule has 0 unspecified atom stereocenters. The summed E-state index contributed by atoms with van der Waals surface area (Å²) in [6.07, 6.45) is 1.52. The molecule has 0 spiro atoms. The molecule has 11 heteroatoms. The van der Waals surface area contributed by atoms with Gasteiger partial charge in [-0.25, -0.2) is 9.18 Å². The van der Waals surface area contributed by atoms with Gasteiger partial charge in [0.25, 0.3) is 0 Å². The quantitative estimate of drug-likeness (QED) is 0.752. The van der Waals surface area contributed by atoms with Crippen LogP contribution in [0.2, 0.25) is 0 Å². The predicted molar refractivity (Wildman–Crippen MR) is 109 cm³/mol. The van der Waals surface area contributed by atoms with Crippen LogP contribution in [0.1, 0.15) is 30.7 Å². The molecule has 2 saturated heterocycles. The van der Waals surface area contributed by atoms with E-state index in [1.807, 2.05) is 4.90 Å². The number of aromatic nitrogens is 2. The number of nitrogens with one attached hydrogen (secondary N) is 1. The molecule has 4 rings (SSSR count). The highest BCUT2D eigenvalue weighted by Crippen LogP contribution is 2.36. The Morgan fingerprint density at radius 2 is 1.97 bits per heavy atom. The van der Waals surface area contributed by atoms with Crippen molar-refractivity contribution in [2.45, 2.75) is 25.2 Å². The van der Waals surface area contributed by atoms with Crippen LogP contribution in [0.25, 0.3) is 10.9 Å². The van der Waals surface area contributed by atoms with Gasteiger partial charge in [0.2, 0.25) is 5.91 Å². The van der Waals surface area contributed by atoms with Gasteiger partial charge in [-0.2, -0.15) is 5.10 Å². The number of urea groups is 1. The largest absolute Gasteiger partial charge is 0.480 e. The van der Waals surface area contributed by atoms with Gasteiger partial charge in [-0.15, -0.1) is 12.4 Å². The lowest BCUT2D eigenvalue weighted by atomic mass is 9.88. The zero-order valence-electron chi connectivity index (χ0n) is 16.4. The number of nitrogens with zero attached hydrogens (tertiary/aromatic N) is 4. The number of carbonyl (C=O) groups excluding carboxylic acids is 2. The molecule has 0 atom stereocenters. The Morgan fingerprint density at radius 1 is 1.27 bits per heavy atom. The van der Waals surface area contributed by atoms with Crippen molar-refractivity contribution in [3.05, 3.63) is 23.5 Å². The first kappa shape index (κ1) is 22.0. The monoisotopic (exact) mass is 439 g/mol. The van der Waals surface area contributed by atoms with Crippen molar-refractivity contribution in [2.75, 3.05) is 31.1 Å². The minimum Gasteiger partial charge on any atom is -0.480 e. The molecule has 1 aromatic carbocycles. The first-order valence-electron chi connectivity index (χ1n) is 9.55. The summed E-state index contributed by atoms with van der Waals surface area (Å²) >= 11 is 0. The number of benzene rings is 1. The van der Waals surface area contributed by atoms with Gasteiger partial charge in [0.05, 0.1) is 6.54 Å². The Bertz CT molecular complexity index is 1000. The van der Waals surface area contributed by atoms with Crippen LogP contribution in [0.4, 0.5) is 15.0 Å². The van der Waals surface area contributed by atoms with Gasteiger partial charge in [-0.3, -0.25) is 29.4 Å². The fraction of sp³-hybridized carbons (Fsp3) is 0.474. The molecule has 2 aliphatic rings. The number of aryl methyl sites for hydroxylation is 1. The Balaban J connectivity index is 0.00000256. The maximum Gasteiger partial charge on any atom is 0.329 e. The molecule has 30 heavy (non-hydrogen) atoms. The van der Waals surface area contributed by atoms with Gasteiger partial charge >= 0.3 is 12.0 Å². The van der Waals surface area contributed by atoms with Crippen LogP contribution in [0.5, 0.6) is 0 Å². The zero-order valence-corrected chi connectivity index (χ0v) is 17.2. The molecule has 1 aromatic heterocycles. The van der Waals surface area contributed by atoms with Crippen molar-refractivity contribution in [3.8, 4) is 0 Å². The highest BCUT2D eigenvalue weighted by molar-refractivity contribution is 6.08. The molecule has 2 aromatic rings. The van der Waals surface area contributed by atoms with Gasteiger partial charge in [0.15, 0.2) is 11.6 Å². The molecule has 0 saturated carbocycles. The minimum absolute atomic E-state index is 0. The molecule has 2 fully saturated rings. The fourth-order valence-electron chi connectivity index (χ4n) is 4.20. The van der Waals surface area contributed by atoms with E-state index in [9.17, 15) is 14.4 Å². The number of hydrogen-bond acceptors (Lipinski definition) is 5. The normalized spacial score (nSPS) is 18.4. The third kappa shape index (κ3) is 3.97. The van der Waals surface area contributed by atoms with Gasteiger partial charge in [-0.05, 0) is 43.5 Å². The van der Waals surface area contributed by atoms with Crippen LogP contribution in [-0.2, 0) is 16.6 Å². The number of carboxylic acid groups (broad SMARTS) is 1. The predicted octanol–water partition coefficient (Wildman–Crippen LogP) is 1.84. The highest BCUT2D eigenvalue weighted by atomic mass is 35.5. The molecular weight excluding hydrogens is 417 g/mol. The maximum absolute atomic E-state index is 15.4. The van der Waals surface area contributed by atoms with Gasteiger partial charge in [0, 0.05) is 25.4 Å². The number of anilines is 1. The maximum atomic E-state index is 15.4. The van der Waals surface area contributed by atoms with Crippen LogP contribution >= 0.6 is 12.4 Å². The Labute approximate surface area is 178 Å². The van der Waals surface area contributed by atoms with E-state index >= 15 is 4.39 Å². The molecule has 3 amide bonds. The van der Waals surface area contributed by atoms with E-state index in [4.69, 9.17) is 5.11 Å². The van der Waals surface area contributed by atoms with Crippen molar-refractivity contribution in [1.29, 1.82) is 0 Å². The molecule has 2 N–H and O–H groups in total. The van der Waals surface area contributed by atoms with E-state index in [0.29, 0.717) is 48.2 Å². The van der Waals surface area contributed by atoms with Crippen molar-refractivity contribution in [2.24, 2.45) is 7.05 Å². The Hall–Kier alpha value is -2.72. The van der Waals surface area contributed by atoms with E-state index in [1.54, 1.807) is 19.2 Å². The molecule has 3 heterocycles. The summed E-state index contributed by atoms with van der Waals surface area (Å²) in [6, 6.07) is 2.94. The van der Waals surface area contributed by atoms with E-state index in [0.717, 1.165) is 0 Å². The summed E-state index contributed by atoms with van der Waals surface area (Å²) in [6.45, 7) is 1.40. The summed E-state index contributed by atoms with van der Waals surface area (Å²) in [5, 5.41) is 16.0. The summed E-state index contributed by atoms with van der Waals surface area (Å²) in [4.78, 5) is 37.6. The topological polar surface area (TPSA) is 108 Å². The SMILES string of the molecule is Cl.Cn1nc(N2CCC(=O)NC2=O)c2ccc(C3CCN(CC(=O)O)CC3)c(F)c21. The number of aliphatic carboxylic acids is 1. The van der Waals surface area contributed by atoms with E-state index in [2.05, 4.69) is 10.4 Å². The number of carboxylic acids is 1. The van der Waals surface area contributed by atoms with Crippen LogP contribution < -0.4 is 10.2 Å². The molecule has 0 radical (unpaired) electrons. The number of halogens is 2. The first-order chi connectivity index (χ1) is 13.8. The molecule has 0 bridgehead atoms. The summed E-state index contributed by atoms with van der Waals surface area (Å²) in [5.74, 6) is -1.24. The summed E-state index contributed by atoms with van der Waals surface area (Å²) in [5.41, 5.74) is 0.899. The molecular formula is C19H23ClFN5O4. The average molecular weight is 440 g/mol. The van der Waals surface area contributed by atoms with Crippen LogP contribution in [0, 0.1) is 5.82 Å². The minimum atomic E-state index is -0.859. The standard InChI is InChI=1S/C19H22FN5O4.ClH/c1-23-17-13(18(22-23)25-9-6-14(26)21-19(25)29)3-2-12(16(17)20)11-4-7-24(8-5-11)10-15(27)28;/h2-3,11H,4-10H2,1H3,(H,27,28)(H,21,26,29);1H. The number of imide groups is 1. The fourth-order valence-corrected chi connectivity index (χ4v) is 4.20. The number of rotatable bonds is 4. The number of amides is 3. The second kappa shape index (κ2) is 8.57. The van der Waals surface area contributed by atoms with E-state index in [-0.39, 0.29) is 49.6 Å². The second-order valence-corrected chi connectivity index (χ2v) is 7.51. The Morgan fingerprint density at radius 3 is 2.60 bits per heavy atom. The van der Waals surface area contributed by atoms with Crippen LogP contribution in [0.15, 0.2) is 12.1 Å². The molecule has 0 aliphatic carbocycles. The average Bonchev–Trinajstić information content (AvgIpc) is 3.00. The van der Waals surface area contributed by atoms with Crippen LogP contribution in [-0.4, -0.2) is 63.9 Å². The van der Waals surface area contributed by atoms with E-state index in [1.165, 1.54) is 9.58 Å².